The van der Waals surface area contributed by atoms with Crippen LogP contribution >= 0.6 is 0 Å². The summed E-state index contributed by atoms with van der Waals surface area (Å²) in [5, 5.41) is 6.95. The Morgan fingerprint density at radius 2 is 2.24 bits per heavy atom. The van der Waals surface area contributed by atoms with Crippen molar-refractivity contribution < 1.29 is 4.79 Å². The molecule has 0 radical (unpaired) electrons. The molecule has 0 saturated heterocycles. The zero-order valence-corrected chi connectivity index (χ0v) is 12.6. The van der Waals surface area contributed by atoms with Crippen LogP contribution in [0.1, 0.15) is 12.5 Å². The van der Waals surface area contributed by atoms with Crippen LogP contribution in [0.4, 0.5) is 5.69 Å². The lowest BCUT2D eigenvalue weighted by molar-refractivity contribution is -0.121. The number of amides is 1. The highest BCUT2D eigenvalue weighted by molar-refractivity contribution is 5.75. The second kappa shape index (κ2) is 7.47. The number of carbonyl (C=O) groups is 1. The Bertz CT molecular complexity index is 565. The van der Waals surface area contributed by atoms with Crippen LogP contribution in [-0.2, 0) is 11.3 Å². The summed E-state index contributed by atoms with van der Waals surface area (Å²) in [4.78, 5) is 14.0. The molecule has 1 aromatic heterocycles. The third-order valence-electron chi connectivity index (χ3n) is 3.32. The Morgan fingerprint density at radius 3 is 2.90 bits per heavy atom. The molecule has 1 heterocycles. The van der Waals surface area contributed by atoms with E-state index in [0.717, 1.165) is 13.1 Å². The molecule has 5 heteroatoms. The molecule has 2 aromatic rings. The van der Waals surface area contributed by atoms with Gasteiger partial charge in [0.2, 0.25) is 5.91 Å². The van der Waals surface area contributed by atoms with E-state index in [9.17, 15) is 4.79 Å². The first kappa shape index (κ1) is 15.1. The van der Waals surface area contributed by atoms with E-state index >= 15 is 0 Å². The molecule has 21 heavy (non-hydrogen) atoms. The van der Waals surface area contributed by atoms with Crippen molar-refractivity contribution in [3.05, 3.63) is 48.3 Å². The number of nitrogens with one attached hydrogen (secondary N) is 1. The van der Waals surface area contributed by atoms with E-state index in [4.69, 9.17) is 0 Å². The molecule has 112 valence electrons. The smallest absolute Gasteiger partial charge is 0.241 e. The second-order valence-electron chi connectivity index (χ2n) is 4.97. The molecule has 0 bridgehead atoms. The van der Waals surface area contributed by atoms with Crippen molar-refractivity contribution in [3.63, 3.8) is 0 Å². The Morgan fingerprint density at radius 1 is 1.38 bits per heavy atom. The zero-order valence-electron chi connectivity index (χ0n) is 12.6. The van der Waals surface area contributed by atoms with Crippen LogP contribution in [0.3, 0.4) is 0 Å². The molecule has 0 saturated carbocycles. The van der Waals surface area contributed by atoms with Gasteiger partial charge < -0.3 is 10.2 Å². The SMILES string of the molecule is CCN(CCNC(=O)Cn1cccn1)c1cccc(C)c1. The number of benzene rings is 1. The summed E-state index contributed by atoms with van der Waals surface area (Å²) in [6.07, 6.45) is 3.45. The van der Waals surface area contributed by atoms with Gasteiger partial charge in [-0.3, -0.25) is 9.48 Å². The van der Waals surface area contributed by atoms with Crippen molar-refractivity contribution >= 4 is 11.6 Å². The molecule has 2 rings (SSSR count). The third-order valence-corrected chi connectivity index (χ3v) is 3.32. The van der Waals surface area contributed by atoms with Gasteiger partial charge >= 0.3 is 0 Å². The standard InChI is InChI=1S/C16H22N4O/c1-3-19(15-7-4-6-14(2)12-15)11-9-17-16(21)13-20-10-5-8-18-20/h4-8,10,12H,3,9,11,13H2,1-2H3,(H,17,21). The predicted molar refractivity (Wildman–Crippen MR) is 84.3 cm³/mol. The fourth-order valence-corrected chi connectivity index (χ4v) is 2.22. The summed E-state index contributed by atoms with van der Waals surface area (Å²) in [5.74, 6) is -0.0148. The summed E-state index contributed by atoms with van der Waals surface area (Å²) in [6, 6.07) is 10.2. The minimum atomic E-state index is -0.0148. The number of hydrogen-bond acceptors (Lipinski definition) is 3. The van der Waals surface area contributed by atoms with Gasteiger partial charge in [0.15, 0.2) is 0 Å². The molecule has 0 atom stereocenters. The van der Waals surface area contributed by atoms with E-state index < -0.39 is 0 Å². The molecule has 1 N–H and O–H groups in total. The molecular formula is C16H22N4O. The van der Waals surface area contributed by atoms with Gasteiger partial charge in [0, 0.05) is 37.7 Å². The van der Waals surface area contributed by atoms with Gasteiger partial charge in [-0.15, -0.1) is 0 Å². The fraction of sp³-hybridized carbons (Fsp3) is 0.375. The van der Waals surface area contributed by atoms with Crippen molar-refractivity contribution in [3.8, 4) is 0 Å². The number of likely N-dealkylation sites (N-methyl/N-ethyl adjacent to an activating group) is 1. The molecule has 0 aliphatic heterocycles. The van der Waals surface area contributed by atoms with Crippen LogP contribution in [0.15, 0.2) is 42.7 Å². The maximum absolute atomic E-state index is 11.8. The highest BCUT2D eigenvalue weighted by Crippen LogP contribution is 2.14. The molecule has 1 amide bonds. The van der Waals surface area contributed by atoms with Gasteiger partial charge in [-0.25, -0.2) is 0 Å². The monoisotopic (exact) mass is 286 g/mol. The van der Waals surface area contributed by atoms with Gasteiger partial charge in [-0.05, 0) is 37.6 Å². The van der Waals surface area contributed by atoms with Crippen LogP contribution in [0.2, 0.25) is 0 Å². The van der Waals surface area contributed by atoms with Crippen molar-refractivity contribution in [2.75, 3.05) is 24.5 Å². The largest absolute Gasteiger partial charge is 0.370 e. The normalized spacial score (nSPS) is 10.4. The minimum absolute atomic E-state index is 0.0148. The molecule has 1 aromatic carbocycles. The fourth-order valence-electron chi connectivity index (χ4n) is 2.22. The summed E-state index contributed by atoms with van der Waals surface area (Å²) in [5.41, 5.74) is 2.44. The molecule has 0 fully saturated rings. The van der Waals surface area contributed by atoms with Gasteiger partial charge in [-0.2, -0.15) is 5.10 Å². The lowest BCUT2D eigenvalue weighted by Crippen LogP contribution is -2.36. The Hall–Kier alpha value is -2.30. The van der Waals surface area contributed by atoms with E-state index in [1.54, 1.807) is 17.1 Å². The molecular weight excluding hydrogens is 264 g/mol. The summed E-state index contributed by atoms with van der Waals surface area (Å²) in [6.45, 7) is 6.81. The number of anilines is 1. The number of aromatic nitrogens is 2. The quantitative estimate of drug-likeness (QED) is 0.845. The molecule has 0 spiro atoms. The number of rotatable bonds is 7. The van der Waals surface area contributed by atoms with E-state index in [-0.39, 0.29) is 12.5 Å². The summed E-state index contributed by atoms with van der Waals surface area (Å²) < 4.78 is 1.62. The predicted octanol–water partition coefficient (Wildman–Crippen LogP) is 1.83. The van der Waals surface area contributed by atoms with Crippen LogP contribution < -0.4 is 10.2 Å². The highest BCUT2D eigenvalue weighted by Gasteiger charge is 2.06. The lowest BCUT2D eigenvalue weighted by atomic mass is 10.2. The van der Waals surface area contributed by atoms with Crippen LogP contribution in [-0.4, -0.2) is 35.3 Å². The number of carbonyl (C=O) groups excluding carboxylic acids is 1. The molecule has 5 nitrogen and oxygen atoms in total. The number of aryl methyl sites for hydroxylation is 1. The average molecular weight is 286 g/mol. The minimum Gasteiger partial charge on any atom is -0.370 e. The van der Waals surface area contributed by atoms with Gasteiger partial charge in [-0.1, -0.05) is 12.1 Å². The Labute approximate surface area is 125 Å². The van der Waals surface area contributed by atoms with E-state index in [0.29, 0.717) is 6.54 Å². The van der Waals surface area contributed by atoms with Crippen LogP contribution in [0.25, 0.3) is 0 Å². The topological polar surface area (TPSA) is 50.2 Å². The highest BCUT2D eigenvalue weighted by atomic mass is 16.2. The second-order valence-corrected chi connectivity index (χ2v) is 4.97. The van der Waals surface area contributed by atoms with Crippen molar-refractivity contribution in [2.45, 2.75) is 20.4 Å². The Kier molecular flexibility index (Phi) is 5.37. The maximum Gasteiger partial charge on any atom is 0.241 e. The van der Waals surface area contributed by atoms with Gasteiger partial charge in [0.1, 0.15) is 6.54 Å². The van der Waals surface area contributed by atoms with E-state index in [1.807, 2.05) is 6.07 Å². The third kappa shape index (κ3) is 4.63. The first-order chi connectivity index (χ1) is 10.2. The van der Waals surface area contributed by atoms with Crippen LogP contribution in [0.5, 0.6) is 0 Å². The first-order valence-electron chi connectivity index (χ1n) is 7.25. The van der Waals surface area contributed by atoms with E-state index in [1.165, 1.54) is 11.3 Å². The number of nitrogens with zero attached hydrogens (tertiary/aromatic N) is 3. The number of hydrogen-bond donors (Lipinski definition) is 1. The lowest BCUT2D eigenvalue weighted by Gasteiger charge is -2.23. The Balaban J connectivity index is 1.79. The van der Waals surface area contributed by atoms with Crippen LogP contribution in [0, 0.1) is 6.92 Å². The summed E-state index contributed by atoms with van der Waals surface area (Å²) in [7, 11) is 0. The van der Waals surface area contributed by atoms with Crippen molar-refractivity contribution in [1.29, 1.82) is 0 Å². The molecule has 0 aliphatic carbocycles. The van der Waals surface area contributed by atoms with Gasteiger partial charge in [0.25, 0.3) is 0 Å². The molecule has 0 aliphatic rings. The average Bonchev–Trinajstić information content (AvgIpc) is 2.96. The van der Waals surface area contributed by atoms with Crippen molar-refractivity contribution in [2.24, 2.45) is 0 Å². The first-order valence-corrected chi connectivity index (χ1v) is 7.25. The molecule has 0 unspecified atom stereocenters. The van der Waals surface area contributed by atoms with Crippen molar-refractivity contribution in [1.82, 2.24) is 15.1 Å². The zero-order chi connectivity index (χ0) is 15.1. The van der Waals surface area contributed by atoms with Gasteiger partial charge in [0.05, 0.1) is 0 Å². The maximum atomic E-state index is 11.8. The van der Waals surface area contributed by atoms with E-state index in [2.05, 4.69) is 53.4 Å². The summed E-state index contributed by atoms with van der Waals surface area (Å²) >= 11 is 0.